The highest BCUT2D eigenvalue weighted by Crippen LogP contribution is 2.36. The molecule has 0 aromatic rings. The molecule has 0 radical (unpaired) electrons. The molecule has 0 aliphatic carbocycles. The Balaban J connectivity index is 2.16. The third-order valence-corrected chi connectivity index (χ3v) is 7.10. The molecule has 3 rings (SSSR count). The predicted molar refractivity (Wildman–Crippen MR) is 155 cm³/mol. The van der Waals surface area contributed by atoms with Crippen molar-refractivity contribution in [1.82, 2.24) is 5.06 Å². The molecular weight excluding hydrogens is 694 g/mol. The van der Waals surface area contributed by atoms with Crippen molar-refractivity contribution in [1.29, 1.82) is 0 Å². The largest absolute Gasteiger partial charge is 0.463 e. The summed E-state index contributed by atoms with van der Waals surface area (Å²) in [7, 11) is 0. The van der Waals surface area contributed by atoms with Gasteiger partial charge in [-0.05, 0) is 0 Å². The number of amides is 2. The Morgan fingerprint density at radius 1 is 0.510 bits per heavy atom. The van der Waals surface area contributed by atoms with Crippen LogP contribution in [0.3, 0.4) is 0 Å². The van der Waals surface area contributed by atoms with Crippen LogP contribution in [0.4, 0.5) is 0 Å². The van der Waals surface area contributed by atoms with Crippen LogP contribution >= 0.6 is 0 Å². The molecule has 3 fully saturated rings. The number of imide groups is 1. The molecule has 0 N–H and O–H groups in total. The molecule has 0 unspecified atom stereocenters. The van der Waals surface area contributed by atoms with Crippen LogP contribution < -0.4 is 0 Å². The van der Waals surface area contributed by atoms with Gasteiger partial charge < -0.3 is 47.4 Å². The molecule has 3 heterocycles. The Morgan fingerprint density at radius 2 is 0.863 bits per heavy atom. The van der Waals surface area contributed by atoms with Crippen molar-refractivity contribution in [2.24, 2.45) is 0 Å². The van der Waals surface area contributed by atoms with E-state index in [9.17, 15) is 43.2 Å². The minimum Gasteiger partial charge on any atom is -0.463 e. The summed E-state index contributed by atoms with van der Waals surface area (Å²) in [6.07, 6.45) is -17.5. The smallest absolute Gasteiger partial charge is 0.303 e. The number of carbonyl (C=O) groups is 9. The molecule has 2 amide bonds. The van der Waals surface area contributed by atoms with Crippen LogP contribution in [0, 0.1) is 0 Å². The van der Waals surface area contributed by atoms with Gasteiger partial charge in [-0.25, -0.2) is 4.84 Å². The minimum absolute atomic E-state index is 0.206. The van der Waals surface area contributed by atoms with Gasteiger partial charge in [0, 0.05) is 61.3 Å². The maximum absolute atomic E-state index is 12.5. The number of nitrogens with zero attached hydrogens (tertiary/aromatic N) is 1. The minimum atomic E-state index is -1.88. The van der Waals surface area contributed by atoms with Crippen molar-refractivity contribution in [2.45, 2.75) is 123 Å². The lowest BCUT2D eigenvalue weighted by Gasteiger charge is -2.48. The molecule has 3 aliphatic heterocycles. The van der Waals surface area contributed by atoms with E-state index in [4.69, 9.17) is 52.2 Å². The van der Waals surface area contributed by atoms with Gasteiger partial charge in [-0.2, -0.15) is 5.06 Å². The molecule has 0 saturated carbocycles. The molecule has 3 aliphatic rings. The number of rotatable bonds is 13. The zero-order chi connectivity index (χ0) is 38.2. The highest BCUT2D eigenvalue weighted by molar-refractivity contribution is 6.00. The summed E-state index contributed by atoms with van der Waals surface area (Å²) in [4.78, 5) is 116. The average molecular weight is 734 g/mol. The second-order valence-electron chi connectivity index (χ2n) is 11.3. The Labute approximate surface area is 290 Å². The Morgan fingerprint density at radius 3 is 1.29 bits per heavy atom. The zero-order valence-corrected chi connectivity index (χ0v) is 28.7. The SMILES string of the molecule is CC(=O)OC[C@H]1O[C@@H](O[C@H]2[C@H](OC(C)=O)[C@@H](OC(C)=O)[C@H](ON3C(=O)CCC3=O)O[C@@H]2COC(C)=O)[C@H](OC(C)=O)[C@@H](OC(C)=O)[C@H]1OC(C)=O. The summed E-state index contributed by atoms with van der Waals surface area (Å²) in [5, 5.41) is 0.384. The highest BCUT2D eigenvalue weighted by Gasteiger charge is 2.58. The molecular formula is C30H39NO20. The summed E-state index contributed by atoms with van der Waals surface area (Å²) < 4.78 is 55.5. The van der Waals surface area contributed by atoms with Gasteiger partial charge in [0.1, 0.15) is 31.5 Å². The zero-order valence-electron chi connectivity index (χ0n) is 28.7. The van der Waals surface area contributed by atoms with Crippen LogP contribution in [0.25, 0.3) is 0 Å². The maximum atomic E-state index is 12.5. The van der Waals surface area contributed by atoms with Crippen molar-refractivity contribution in [3.63, 3.8) is 0 Å². The van der Waals surface area contributed by atoms with Crippen molar-refractivity contribution in [3.8, 4) is 0 Å². The van der Waals surface area contributed by atoms with E-state index in [1.165, 1.54) is 0 Å². The number of ether oxygens (including phenoxy) is 10. The quantitative estimate of drug-likeness (QED) is 0.121. The number of hydrogen-bond acceptors (Lipinski definition) is 20. The second kappa shape index (κ2) is 18.0. The Kier molecular flexibility index (Phi) is 14.3. The van der Waals surface area contributed by atoms with E-state index in [-0.39, 0.29) is 12.8 Å². The first-order chi connectivity index (χ1) is 23.9. The Bertz CT molecular complexity index is 1360. The highest BCUT2D eigenvalue weighted by atomic mass is 16.8. The summed E-state index contributed by atoms with van der Waals surface area (Å²) >= 11 is 0. The van der Waals surface area contributed by atoms with E-state index >= 15 is 0 Å². The molecule has 3 saturated heterocycles. The molecule has 0 aromatic heterocycles. The van der Waals surface area contributed by atoms with E-state index in [1.54, 1.807) is 0 Å². The van der Waals surface area contributed by atoms with Crippen molar-refractivity contribution in [3.05, 3.63) is 0 Å². The number of esters is 7. The van der Waals surface area contributed by atoms with E-state index in [0.29, 0.717) is 5.06 Å². The lowest BCUT2D eigenvalue weighted by atomic mass is 9.96. The first-order valence-electron chi connectivity index (χ1n) is 15.5. The fraction of sp³-hybridized carbons (Fsp3) is 0.700. The molecule has 51 heavy (non-hydrogen) atoms. The number of hydroxylamine groups is 2. The lowest BCUT2D eigenvalue weighted by molar-refractivity contribution is -0.376. The third-order valence-electron chi connectivity index (χ3n) is 7.10. The molecule has 0 spiro atoms. The van der Waals surface area contributed by atoms with Gasteiger partial charge >= 0.3 is 41.8 Å². The number of carbonyl (C=O) groups excluding carboxylic acids is 9. The van der Waals surface area contributed by atoms with Gasteiger partial charge in [0.05, 0.1) is 0 Å². The standard InChI is InChI=1S/C30H39NO20/c1-12(32)41-10-19-23(43-14(3)34)25(44-15(4)35)27(46-17(6)37)29(48-19)50-24-20(11-42-13(2)33)49-30(51-31-21(39)8-9-22(31)40)28(47-18(7)38)26(24)45-16(5)36/h19-20,23-30H,8-11H2,1-7H3/t19-,20-,23+,24-,25+,26+,27-,28-,29+,30+/m1/s1. The van der Waals surface area contributed by atoms with E-state index in [1.807, 2.05) is 0 Å². The molecule has 284 valence electrons. The van der Waals surface area contributed by atoms with Crippen LogP contribution in [-0.4, -0.2) is 133 Å². The fourth-order valence-electron chi connectivity index (χ4n) is 5.33. The summed E-state index contributed by atoms with van der Waals surface area (Å²) in [5.41, 5.74) is 0. The van der Waals surface area contributed by atoms with Crippen LogP contribution in [0.2, 0.25) is 0 Å². The molecule has 10 atom stereocenters. The van der Waals surface area contributed by atoms with Gasteiger partial charge in [-0.3, -0.25) is 43.2 Å². The van der Waals surface area contributed by atoms with Crippen molar-refractivity contribution < 1.29 is 95.4 Å². The van der Waals surface area contributed by atoms with Crippen LogP contribution in [0.5, 0.6) is 0 Å². The van der Waals surface area contributed by atoms with Crippen LogP contribution in [-0.2, 0) is 95.4 Å². The van der Waals surface area contributed by atoms with E-state index in [0.717, 1.165) is 48.5 Å². The van der Waals surface area contributed by atoms with Gasteiger partial charge in [0.2, 0.25) is 6.29 Å². The van der Waals surface area contributed by atoms with Gasteiger partial charge in [-0.15, -0.1) is 0 Å². The maximum Gasteiger partial charge on any atom is 0.303 e. The summed E-state index contributed by atoms with van der Waals surface area (Å²) in [6.45, 7) is 5.80. The first kappa shape index (κ1) is 40.7. The van der Waals surface area contributed by atoms with E-state index in [2.05, 4.69) is 0 Å². The van der Waals surface area contributed by atoms with Gasteiger partial charge in [0.25, 0.3) is 11.8 Å². The van der Waals surface area contributed by atoms with Crippen molar-refractivity contribution >= 4 is 53.6 Å². The molecule has 0 bridgehead atoms. The van der Waals surface area contributed by atoms with Crippen molar-refractivity contribution in [2.75, 3.05) is 13.2 Å². The molecule has 21 heteroatoms. The van der Waals surface area contributed by atoms with Crippen LogP contribution in [0.1, 0.15) is 61.3 Å². The Hall–Kier alpha value is -4.73. The van der Waals surface area contributed by atoms with Gasteiger partial charge in [-0.1, -0.05) is 0 Å². The average Bonchev–Trinajstić information content (AvgIpc) is 3.31. The monoisotopic (exact) mass is 733 g/mol. The van der Waals surface area contributed by atoms with E-state index < -0.39 is 128 Å². The fourth-order valence-corrected chi connectivity index (χ4v) is 5.33. The van der Waals surface area contributed by atoms with Crippen LogP contribution in [0.15, 0.2) is 0 Å². The summed E-state index contributed by atoms with van der Waals surface area (Å²) in [5.74, 6) is -7.88. The molecule has 21 nitrogen and oxygen atoms in total. The number of hydrogen-bond donors (Lipinski definition) is 0. The second-order valence-corrected chi connectivity index (χ2v) is 11.3. The lowest BCUT2D eigenvalue weighted by Crippen LogP contribution is -2.67. The topological polar surface area (TPSA) is 258 Å². The van der Waals surface area contributed by atoms with Gasteiger partial charge in [0.15, 0.2) is 36.8 Å². The third kappa shape index (κ3) is 11.4. The predicted octanol–water partition coefficient (Wildman–Crippen LogP) is -1.31. The molecule has 0 aromatic carbocycles. The first-order valence-corrected chi connectivity index (χ1v) is 15.5. The summed E-state index contributed by atoms with van der Waals surface area (Å²) in [6, 6.07) is 0. The normalized spacial score (nSPS) is 30.5.